The van der Waals surface area contributed by atoms with E-state index < -0.39 is 16.7 Å². The van der Waals surface area contributed by atoms with Crippen molar-refractivity contribution in [2.75, 3.05) is 6.54 Å². The number of H-pyrrole nitrogens is 1. The first-order valence-electron chi connectivity index (χ1n) is 7.65. The average molecular weight is 398 g/mol. The van der Waals surface area contributed by atoms with E-state index in [2.05, 4.69) is 9.97 Å². The number of pyridine rings is 2. The molecule has 1 aromatic carbocycles. The molecule has 1 N–H and O–H groups in total. The third-order valence-corrected chi connectivity index (χ3v) is 4.80. The van der Waals surface area contributed by atoms with Gasteiger partial charge in [-0.05, 0) is 29.3 Å². The molecule has 26 heavy (non-hydrogen) atoms. The summed E-state index contributed by atoms with van der Waals surface area (Å²) < 4.78 is 38.1. The number of hydrogen-bond acceptors (Lipinski definition) is 4. The van der Waals surface area contributed by atoms with Gasteiger partial charge in [0.15, 0.2) is 0 Å². The lowest BCUT2D eigenvalue weighted by Crippen LogP contribution is -2.20. The molecule has 2 aromatic heterocycles. The Hall–Kier alpha value is -2.29. The van der Waals surface area contributed by atoms with Gasteiger partial charge in [-0.1, -0.05) is 19.1 Å². The van der Waals surface area contributed by atoms with Crippen LogP contribution in [0.15, 0.2) is 47.4 Å². The topological polar surface area (TPSA) is 83.1 Å². The van der Waals surface area contributed by atoms with Gasteiger partial charge in [0.2, 0.25) is 16.4 Å². The van der Waals surface area contributed by atoms with Gasteiger partial charge in [0, 0.05) is 36.3 Å². The van der Waals surface area contributed by atoms with Crippen LogP contribution in [0.4, 0.5) is 4.39 Å². The van der Waals surface area contributed by atoms with Crippen molar-refractivity contribution in [2.24, 2.45) is 0 Å². The Morgan fingerprint density at radius 1 is 1.15 bits per heavy atom. The summed E-state index contributed by atoms with van der Waals surface area (Å²) in [5, 5.41) is 0.631. The lowest BCUT2D eigenvalue weighted by molar-refractivity contribution is 0.438. The van der Waals surface area contributed by atoms with E-state index in [-0.39, 0.29) is 24.5 Å². The maximum absolute atomic E-state index is 14.6. The lowest BCUT2D eigenvalue weighted by Gasteiger charge is -2.14. The Kier molecular flexibility index (Phi) is 6.47. The van der Waals surface area contributed by atoms with Gasteiger partial charge in [-0.3, -0.25) is 4.79 Å². The summed E-state index contributed by atoms with van der Waals surface area (Å²) in [6.45, 7) is 2.17. The van der Waals surface area contributed by atoms with Gasteiger partial charge in [-0.2, -0.15) is 0 Å². The molecule has 0 aliphatic heterocycles. The molecule has 0 aliphatic rings. The fourth-order valence-electron chi connectivity index (χ4n) is 2.66. The fourth-order valence-corrected chi connectivity index (χ4v) is 3.17. The number of halogens is 2. The zero-order chi connectivity index (χ0) is 18.0. The van der Waals surface area contributed by atoms with Gasteiger partial charge in [0.25, 0.3) is 0 Å². The summed E-state index contributed by atoms with van der Waals surface area (Å²) in [7, 11) is -2.71. The van der Waals surface area contributed by atoms with Gasteiger partial charge >= 0.3 is 0 Å². The Labute approximate surface area is 157 Å². The van der Waals surface area contributed by atoms with Crippen molar-refractivity contribution in [3.63, 3.8) is 0 Å². The van der Waals surface area contributed by atoms with Crippen LogP contribution in [0.25, 0.3) is 22.2 Å². The number of rotatable bonds is 5. The van der Waals surface area contributed by atoms with Crippen LogP contribution in [-0.2, 0) is 17.4 Å². The number of nitrogens with one attached hydrogen (secondary N) is 1. The van der Waals surface area contributed by atoms with Gasteiger partial charge in [0.1, 0.15) is 11.5 Å². The standard InChI is InChI=1S/C17H16FN3O3S.ClH/c1-2-21(25(23)24)10-11-3-4-13(15(18)9-11)12-7-8-19-17-14(12)5-6-16(22)20-17;/h3-9,25H,2,10H2,1H3,(H,19,20,22);1H. The van der Waals surface area contributed by atoms with Crippen molar-refractivity contribution >= 4 is 34.3 Å². The van der Waals surface area contributed by atoms with Gasteiger partial charge in [-0.15, -0.1) is 12.4 Å². The van der Waals surface area contributed by atoms with Crippen LogP contribution in [0.5, 0.6) is 0 Å². The van der Waals surface area contributed by atoms with Gasteiger partial charge < -0.3 is 4.98 Å². The summed E-state index contributed by atoms with van der Waals surface area (Å²) >= 11 is 0. The lowest BCUT2D eigenvalue weighted by atomic mass is 10.0. The number of nitrogens with zero attached hydrogens (tertiary/aromatic N) is 2. The van der Waals surface area contributed by atoms with Crippen LogP contribution in [-0.4, -0.2) is 29.2 Å². The predicted octanol–water partition coefficient (Wildman–Crippen LogP) is 2.50. The summed E-state index contributed by atoms with van der Waals surface area (Å²) in [6.07, 6.45) is 1.50. The SMILES string of the molecule is CCN(Cc1ccc(-c2ccnc3[nH]c(=O)ccc23)c(F)c1)[SH](=O)=O.Cl. The van der Waals surface area contributed by atoms with Crippen LogP contribution < -0.4 is 5.56 Å². The molecule has 0 atom stereocenters. The van der Waals surface area contributed by atoms with Crippen molar-refractivity contribution < 1.29 is 12.8 Å². The number of benzene rings is 1. The predicted molar refractivity (Wildman–Crippen MR) is 101 cm³/mol. The molecule has 2 heterocycles. The molecule has 0 saturated heterocycles. The van der Waals surface area contributed by atoms with E-state index in [1.807, 2.05) is 0 Å². The Morgan fingerprint density at radius 3 is 2.58 bits per heavy atom. The van der Waals surface area contributed by atoms with E-state index in [0.717, 1.165) is 0 Å². The zero-order valence-corrected chi connectivity index (χ0v) is 15.5. The first-order chi connectivity index (χ1) is 12.0. The van der Waals surface area contributed by atoms with E-state index in [4.69, 9.17) is 0 Å². The second-order valence-electron chi connectivity index (χ2n) is 5.48. The van der Waals surface area contributed by atoms with E-state index in [0.29, 0.717) is 34.3 Å². The second-order valence-corrected chi connectivity index (χ2v) is 6.52. The molecular formula is C17H17ClFN3O3S. The maximum atomic E-state index is 14.6. The normalized spacial score (nSPS) is 11.1. The number of aromatic amines is 1. The maximum Gasteiger partial charge on any atom is 0.249 e. The first kappa shape index (κ1) is 20.0. The highest BCUT2D eigenvalue weighted by Gasteiger charge is 2.12. The van der Waals surface area contributed by atoms with Crippen LogP contribution in [0, 0.1) is 5.82 Å². The molecule has 0 unspecified atom stereocenters. The molecule has 0 bridgehead atoms. The monoisotopic (exact) mass is 397 g/mol. The molecule has 9 heteroatoms. The second kappa shape index (κ2) is 8.39. The summed E-state index contributed by atoms with van der Waals surface area (Å²) in [6, 6.07) is 9.27. The van der Waals surface area contributed by atoms with Crippen LogP contribution in [0.1, 0.15) is 12.5 Å². The van der Waals surface area contributed by atoms with Crippen LogP contribution in [0.2, 0.25) is 0 Å². The van der Waals surface area contributed by atoms with Gasteiger partial charge in [0.05, 0.1) is 0 Å². The van der Waals surface area contributed by atoms with Crippen LogP contribution >= 0.6 is 12.4 Å². The third-order valence-electron chi connectivity index (χ3n) is 3.92. The Morgan fingerprint density at radius 2 is 1.92 bits per heavy atom. The smallest absolute Gasteiger partial charge is 0.249 e. The number of thiol groups is 1. The summed E-state index contributed by atoms with van der Waals surface area (Å²) in [5.41, 5.74) is 1.63. The molecule has 0 saturated carbocycles. The molecule has 0 radical (unpaired) electrons. The van der Waals surface area contributed by atoms with Crippen molar-refractivity contribution in [2.45, 2.75) is 13.5 Å². The Balaban J connectivity index is 0.00000243. The van der Waals surface area contributed by atoms with Crippen molar-refractivity contribution in [1.29, 1.82) is 0 Å². The van der Waals surface area contributed by atoms with E-state index >= 15 is 0 Å². The highest BCUT2D eigenvalue weighted by Crippen LogP contribution is 2.29. The minimum absolute atomic E-state index is 0. The molecule has 3 rings (SSSR count). The molecule has 0 amide bonds. The number of fused-ring (bicyclic) bond motifs is 1. The van der Waals surface area contributed by atoms with Gasteiger partial charge in [-0.25, -0.2) is 22.1 Å². The molecule has 3 aromatic rings. The fraction of sp³-hybridized carbons (Fsp3) is 0.176. The minimum Gasteiger partial charge on any atom is -0.307 e. The van der Waals surface area contributed by atoms with E-state index in [1.54, 1.807) is 31.2 Å². The summed E-state index contributed by atoms with van der Waals surface area (Å²) in [5.74, 6) is -0.464. The average Bonchev–Trinajstić information content (AvgIpc) is 2.59. The largest absolute Gasteiger partial charge is 0.307 e. The van der Waals surface area contributed by atoms with Crippen LogP contribution in [0.3, 0.4) is 0 Å². The molecule has 0 aliphatic carbocycles. The van der Waals surface area contributed by atoms with E-state index in [9.17, 15) is 17.6 Å². The highest BCUT2D eigenvalue weighted by molar-refractivity contribution is 7.69. The molecule has 6 nitrogen and oxygen atoms in total. The Bertz CT molecular complexity index is 1060. The molecular weight excluding hydrogens is 381 g/mol. The molecule has 138 valence electrons. The minimum atomic E-state index is -2.71. The quantitative estimate of drug-likeness (QED) is 0.648. The third kappa shape index (κ3) is 4.09. The first-order valence-corrected chi connectivity index (χ1v) is 8.78. The number of aromatic nitrogens is 2. The summed E-state index contributed by atoms with van der Waals surface area (Å²) in [4.78, 5) is 18.1. The van der Waals surface area contributed by atoms with E-state index in [1.165, 1.54) is 22.6 Å². The van der Waals surface area contributed by atoms with Crippen molar-refractivity contribution in [1.82, 2.24) is 14.3 Å². The zero-order valence-electron chi connectivity index (χ0n) is 13.8. The van der Waals surface area contributed by atoms with Crippen molar-refractivity contribution in [3.8, 4) is 11.1 Å². The highest BCUT2D eigenvalue weighted by atomic mass is 35.5. The van der Waals surface area contributed by atoms with Crippen molar-refractivity contribution in [3.05, 3.63) is 64.3 Å². The molecule has 0 fully saturated rings. The molecule has 0 spiro atoms. The number of hydrogen-bond donors (Lipinski definition) is 2.